The fourth-order valence-corrected chi connectivity index (χ4v) is 3.41. The Labute approximate surface area is 145 Å². The summed E-state index contributed by atoms with van der Waals surface area (Å²) in [6, 6.07) is 8.38. The minimum absolute atomic E-state index is 0.372. The number of rotatable bonds is 4. The lowest BCUT2D eigenvalue weighted by atomic mass is 10.3. The predicted molar refractivity (Wildman–Crippen MR) is 97.5 cm³/mol. The topological polar surface area (TPSA) is 52.6 Å². The lowest BCUT2D eigenvalue weighted by Gasteiger charge is -2.20. The van der Waals surface area contributed by atoms with Gasteiger partial charge in [0.1, 0.15) is 5.01 Å². The number of anilines is 1. The highest BCUT2D eigenvalue weighted by Crippen LogP contribution is 2.23. The van der Waals surface area contributed by atoms with E-state index < -0.39 is 0 Å². The summed E-state index contributed by atoms with van der Waals surface area (Å²) in [6.07, 6.45) is 2.89. The van der Waals surface area contributed by atoms with Crippen LogP contribution in [0.15, 0.2) is 40.8 Å². The lowest BCUT2D eigenvalue weighted by molar-refractivity contribution is 0.648. The predicted octanol–water partition coefficient (Wildman–Crippen LogP) is 2.74. The summed E-state index contributed by atoms with van der Waals surface area (Å²) < 4.78 is 0. The van der Waals surface area contributed by atoms with Gasteiger partial charge in [0, 0.05) is 48.5 Å². The van der Waals surface area contributed by atoms with Crippen LogP contribution in [0.4, 0.5) is 5.69 Å². The zero-order valence-electron chi connectivity index (χ0n) is 13.0. The van der Waals surface area contributed by atoms with E-state index in [1.807, 2.05) is 29.8 Å². The van der Waals surface area contributed by atoms with Crippen LogP contribution >= 0.6 is 22.9 Å². The van der Waals surface area contributed by atoms with E-state index in [4.69, 9.17) is 11.6 Å². The highest BCUT2D eigenvalue weighted by molar-refractivity contribution is 7.09. The standard InChI is InChI=1S/C16H20ClN5S/c1-18-16(20-10-15-19-6-8-23-15)21-13-5-7-22(11-13)14-4-2-3-12(17)9-14/h2-4,6,8-9,13H,5,7,10-11H2,1H3,(H2,18,20,21). The quantitative estimate of drug-likeness (QED) is 0.658. The average Bonchev–Trinajstić information content (AvgIpc) is 3.23. The average molecular weight is 350 g/mol. The SMILES string of the molecule is CN=C(NCc1nccs1)NC1CCN(c2cccc(Cl)c2)C1. The molecule has 1 saturated heterocycles. The van der Waals surface area contributed by atoms with Crippen molar-refractivity contribution in [1.82, 2.24) is 15.6 Å². The van der Waals surface area contributed by atoms with E-state index in [9.17, 15) is 0 Å². The minimum Gasteiger partial charge on any atom is -0.369 e. The van der Waals surface area contributed by atoms with Crippen molar-refractivity contribution in [1.29, 1.82) is 0 Å². The largest absolute Gasteiger partial charge is 0.369 e. The maximum Gasteiger partial charge on any atom is 0.191 e. The normalized spacial score (nSPS) is 18.3. The summed E-state index contributed by atoms with van der Waals surface area (Å²) in [4.78, 5) is 10.9. The molecule has 1 aliphatic heterocycles. The number of nitrogens with one attached hydrogen (secondary N) is 2. The second-order valence-electron chi connectivity index (χ2n) is 5.41. The number of benzene rings is 1. The zero-order valence-corrected chi connectivity index (χ0v) is 14.6. The van der Waals surface area contributed by atoms with Crippen molar-refractivity contribution in [3.63, 3.8) is 0 Å². The highest BCUT2D eigenvalue weighted by atomic mass is 35.5. The van der Waals surface area contributed by atoms with Gasteiger partial charge in [0.05, 0.1) is 6.54 Å². The number of hydrogen-bond donors (Lipinski definition) is 2. The molecule has 3 rings (SSSR count). The number of hydrogen-bond acceptors (Lipinski definition) is 4. The van der Waals surface area contributed by atoms with Gasteiger partial charge in [0.15, 0.2) is 5.96 Å². The fourth-order valence-electron chi connectivity index (χ4n) is 2.67. The number of nitrogens with zero attached hydrogens (tertiary/aromatic N) is 3. The van der Waals surface area contributed by atoms with Crippen LogP contribution in [0.3, 0.4) is 0 Å². The van der Waals surface area contributed by atoms with Crippen molar-refractivity contribution in [2.75, 3.05) is 25.0 Å². The summed E-state index contributed by atoms with van der Waals surface area (Å²) >= 11 is 7.72. The minimum atomic E-state index is 0.372. The van der Waals surface area contributed by atoms with Crippen molar-refractivity contribution >= 4 is 34.6 Å². The zero-order chi connectivity index (χ0) is 16.1. The van der Waals surface area contributed by atoms with Crippen LogP contribution in [0.2, 0.25) is 5.02 Å². The first-order valence-corrected chi connectivity index (χ1v) is 8.86. The smallest absolute Gasteiger partial charge is 0.191 e. The first kappa shape index (κ1) is 16.1. The number of aliphatic imine (C=N–C) groups is 1. The molecular weight excluding hydrogens is 330 g/mol. The Kier molecular flexibility index (Phi) is 5.35. The van der Waals surface area contributed by atoms with Crippen LogP contribution in [0, 0.1) is 0 Å². The van der Waals surface area contributed by atoms with Gasteiger partial charge in [-0.15, -0.1) is 11.3 Å². The number of halogens is 1. The van der Waals surface area contributed by atoms with Crippen LogP contribution in [-0.2, 0) is 6.54 Å². The third kappa shape index (κ3) is 4.36. The summed E-state index contributed by atoms with van der Waals surface area (Å²) in [6.45, 7) is 2.65. The molecule has 122 valence electrons. The van der Waals surface area contributed by atoms with Crippen molar-refractivity contribution < 1.29 is 0 Å². The van der Waals surface area contributed by atoms with E-state index >= 15 is 0 Å². The molecule has 1 aromatic heterocycles. The summed E-state index contributed by atoms with van der Waals surface area (Å²) in [7, 11) is 1.79. The molecule has 1 atom stereocenters. The highest BCUT2D eigenvalue weighted by Gasteiger charge is 2.23. The third-order valence-corrected chi connectivity index (χ3v) is 4.83. The van der Waals surface area contributed by atoms with Crippen LogP contribution < -0.4 is 15.5 Å². The molecule has 0 radical (unpaired) electrons. The Hall–Kier alpha value is -1.79. The van der Waals surface area contributed by atoms with Gasteiger partial charge in [-0.2, -0.15) is 0 Å². The van der Waals surface area contributed by atoms with Gasteiger partial charge in [-0.3, -0.25) is 4.99 Å². The maximum atomic E-state index is 6.08. The Morgan fingerprint density at radius 2 is 2.43 bits per heavy atom. The molecule has 0 saturated carbocycles. The molecule has 1 unspecified atom stereocenters. The van der Waals surface area contributed by atoms with Crippen molar-refractivity contribution in [3.05, 3.63) is 45.9 Å². The van der Waals surface area contributed by atoms with Gasteiger partial charge < -0.3 is 15.5 Å². The van der Waals surface area contributed by atoms with E-state index in [2.05, 4.69) is 31.6 Å². The molecule has 0 aliphatic carbocycles. The second kappa shape index (κ2) is 7.66. The van der Waals surface area contributed by atoms with Crippen molar-refractivity contribution in [2.24, 2.45) is 4.99 Å². The molecule has 2 heterocycles. The number of guanidine groups is 1. The molecule has 0 bridgehead atoms. The first-order chi connectivity index (χ1) is 11.2. The molecular formula is C16H20ClN5S. The van der Waals surface area contributed by atoms with Crippen LogP contribution in [0.5, 0.6) is 0 Å². The van der Waals surface area contributed by atoms with Gasteiger partial charge in [-0.25, -0.2) is 4.98 Å². The lowest BCUT2D eigenvalue weighted by Crippen LogP contribution is -2.44. The second-order valence-corrected chi connectivity index (χ2v) is 6.82. The molecule has 1 aliphatic rings. The molecule has 7 heteroatoms. The first-order valence-electron chi connectivity index (χ1n) is 7.60. The molecule has 2 aromatic rings. The number of thiazole rings is 1. The van der Waals surface area contributed by atoms with E-state index in [0.717, 1.165) is 35.5 Å². The van der Waals surface area contributed by atoms with E-state index in [-0.39, 0.29) is 0 Å². The fraction of sp³-hybridized carbons (Fsp3) is 0.375. The molecule has 5 nitrogen and oxygen atoms in total. The van der Waals surface area contributed by atoms with E-state index in [1.165, 1.54) is 5.69 Å². The summed E-state index contributed by atoms with van der Waals surface area (Å²) in [5.41, 5.74) is 1.17. The Bertz CT molecular complexity index is 658. The third-order valence-electron chi connectivity index (χ3n) is 3.82. The summed E-state index contributed by atoms with van der Waals surface area (Å²) in [5.74, 6) is 0.818. The van der Waals surface area contributed by atoms with Crippen LogP contribution in [0.25, 0.3) is 0 Å². The molecule has 0 amide bonds. The van der Waals surface area contributed by atoms with Crippen molar-refractivity contribution in [3.8, 4) is 0 Å². The van der Waals surface area contributed by atoms with Gasteiger partial charge in [-0.05, 0) is 24.6 Å². The van der Waals surface area contributed by atoms with E-state index in [0.29, 0.717) is 12.6 Å². The van der Waals surface area contributed by atoms with Crippen molar-refractivity contribution in [2.45, 2.75) is 19.0 Å². The molecule has 23 heavy (non-hydrogen) atoms. The molecule has 1 aromatic carbocycles. The maximum absolute atomic E-state index is 6.08. The Morgan fingerprint density at radius 1 is 1.52 bits per heavy atom. The Balaban J connectivity index is 1.52. The van der Waals surface area contributed by atoms with Gasteiger partial charge >= 0.3 is 0 Å². The summed E-state index contributed by atoms with van der Waals surface area (Å²) in [5, 5.41) is 10.6. The van der Waals surface area contributed by atoms with E-state index in [1.54, 1.807) is 18.4 Å². The Morgan fingerprint density at radius 3 is 3.17 bits per heavy atom. The van der Waals surface area contributed by atoms with Gasteiger partial charge in [-0.1, -0.05) is 17.7 Å². The molecule has 0 spiro atoms. The van der Waals surface area contributed by atoms with Gasteiger partial charge in [0.2, 0.25) is 0 Å². The van der Waals surface area contributed by atoms with Crippen LogP contribution in [0.1, 0.15) is 11.4 Å². The monoisotopic (exact) mass is 349 g/mol. The van der Waals surface area contributed by atoms with Gasteiger partial charge in [0.25, 0.3) is 0 Å². The molecule has 1 fully saturated rings. The van der Waals surface area contributed by atoms with Crippen LogP contribution in [-0.4, -0.2) is 37.1 Å². The molecule has 2 N–H and O–H groups in total. The number of aromatic nitrogens is 1.